The van der Waals surface area contributed by atoms with Gasteiger partial charge in [0.15, 0.2) is 5.78 Å². The summed E-state index contributed by atoms with van der Waals surface area (Å²) >= 11 is 1.38. The number of aromatic nitrogens is 4. The Morgan fingerprint density at radius 1 is 1.00 bits per heavy atom. The van der Waals surface area contributed by atoms with Gasteiger partial charge in [-0.05, 0) is 35.4 Å². The quantitative estimate of drug-likeness (QED) is 0.325. The van der Waals surface area contributed by atoms with E-state index in [1.807, 2.05) is 41.8 Å². The summed E-state index contributed by atoms with van der Waals surface area (Å²) in [5.41, 5.74) is 4.26. The molecule has 11 heteroatoms. The zero-order valence-corrected chi connectivity index (χ0v) is 21.3. The molecule has 0 unspecified atom stereocenters. The highest BCUT2D eigenvalue weighted by molar-refractivity contribution is 7.89. The maximum atomic E-state index is 12.8. The molecule has 1 amide bonds. The van der Waals surface area contributed by atoms with Crippen LogP contribution in [0.5, 0.6) is 0 Å². The van der Waals surface area contributed by atoms with E-state index < -0.39 is 15.9 Å². The van der Waals surface area contributed by atoms with E-state index >= 15 is 0 Å². The Balaban J connectivity index is 1.25. The van der Waals surface area contributed by atoms with E-state index in [4.69, 9.17) is 0 Å². The molecule has 0 spiro atoms. The number of carbonyl (C=O) groups is 2. The minimum Gasteiger partial charge on any atom is -0.345 e. The zero-order valence-electron chi connectivity index (χ0n) is 19.7. The van der Waals surface area contributed by atoms with Gasteiger partial charge in [-0.15, -0.1) is 11.3 Å². The molecule has 0 bridgehead atoms. The van der Waals surface area contributed by atoms with E-state index in [0.717, 1.165) is 32.6 Å². The maximum absolute atomic E-state index is 12.8. The van der Waals surface area contributed by atoms with Gasteiger partial charge >= 0.3 is 0 Å². The lowest BCUT2D eigenvalue weighted by Crippen LogP contribution is -2.30. The number of nitrogens with one attached hydrogen (secondary N) is 1. The summed E-state index contributed by atoms with van der Waals surface area (Å²) in [5, 5.41) is 5.57. The summed E-state index contributed by atoms with van der Waals surface area (Å²) in [6.45, 7) is -0.206. The van der Waals surface area contributed by atoms with Crippen LogP contribution >= 0.6 is 11.3 Å². The molecule has 0 atom stereocenters. The Bertz CT molecular complexity index is 1730. The lowest BCUT2D eigenvalue weighted by atomic mass is 10.0. The molecule has 0 aliphatic rings. The number of fused-ring (bicyclic) bond motifs is 1. The fraction of sp³-hybridized carbons (Fsp3) is 0.115. The average molecular weight is 532 g/mol. The summed E-state index contributed by atoms with van der Waals surface area (Å²) in [5.74, 6) is -0.756. The Labute approximate surface area is 216 Å². The number of carbonyl (C=O) groups excluding carboxylic acids is 2. The first kappa shape index (κ1) is 24.5. The molecule has 5 rings (SSSR count). The lowest BCUT2D eigenvalue weighted by Gasteiger charge is -2.04. The number of hydrogen-bond acceptors (Lipinski definition) is 8. The van der Waals surface area contributed by atoms with Crippen molar-refractivity contribution in [3.05, 3.63) is 89.4 Å². The first-order valence-electron chi connectivity index (χ1n) is 11.2. The molecule has 9 nitrogen and oxygen atoms in total. The van der Waals surface area contributed by atoms with Crippen LogP contribution in [-0.2, 0) is 21.2 Å². The summed E-state index contributed by atoms with van der Waals surface area (Å²) in [7, 11) is -3.63. The molecule has 0 aliphatic carbocycles. The average Bonchev–Trinajstić information content (AvgIpc) is 3.53. The molecule has 0 saturated carbocycles. The Morgan fingerprint density at radius 2 is 1.76 bits per heavy atom. The first-order chi connectivity index (χ1) is 17.8. The van der Waals surface area contributed by atoms with Crippen molar-refractivity contribution in [2.45, 2.75) is 6.42 Å². The summed E-state index contributed by atoms with van der Waals surface area (Å²) in [6, 6.07) is 13.4. The van der Waals surface area contributed by atoms with Gasteiger partial charge in [0.2, 0.25) is 10.0 Å². The predicted octanol–water partition coefficient (Wildman–Crippen LogP) is 3.57. The number of nitrogens with zero attached hydrogens (tertiary/aromatic N) is 4. The standard InChI is InChI=1S/C26H21N5O4S2/c1-37(34,35)31-15-22(21-7-10-28-14-24(21)31)26(33)29-13-20(32)12-25-30-23(16-36-25)19-4-2-3-18(11-19)17-5-8-27-9-6-17/h2-11,14-16H,12-13H2,1H3,(H,29,33). The summed E-state index contributed by atoms with van der Waals surface area (Å²) in [6.07, 6.45) is 8.71. The lowest BCUT2D eigenvalue weighted by molar-refractivity contribution is -0.117. The van der Waals surface area contributed by atoms with Crippen molar-refractivity contribution in [2.24, 2.45) is 0 Å². The minimum absolute atomic E-state index is 0.0734. The van der Waals surface area contributed by atoms with Crippen LogP contribution in [0.4, 0.5) is 0 Å². The molecule has 0 saturated heterocycles. The Morgan fingerprint density at radius 3 is 2.54 bits per heavy atom. The SMILES string of the molecule is CS(=O)(=O)n1cc(C(=O)NCC(=O)Cc2nc(-c3cccc(-c4ccncc4)c3)cs2)c2ccncc21. The number of Topliss-reactive ketones (excluding diaryl/α,β-unsaturated/α-hetero) is 1. The number of ketones is 1. The minimum atomic E-state index is -3.63. The third-order valence-corrected chi connectivity index (χ3v) is 7.56. The van der Waals surface area contributed by atoms with E-state index in [1.165, 1.54) is 29.9 Å². The van der Waals surface area contributed by atoms with Gasteiger partial charge in [-0.3, -0.25) is 19.6 Å². The van der Waals surface area contributed by atoms with Crippen LogP contribution in [0.1, 0.15) is 15.4 Å². The molecule has 5 aromatic rings. The number of amides is 1. The number of hydrogen-bond donors (Lipinski definition) is 1. The molecule has 186 valence electrons. The van der Waals surface area contributed by atoms with Crippen LogP contribution in [0, 0.1) is 0 Å². The van der Waals surface area contributed by atoms with E-state index in [0.29, 0.717) is 15.9 Å². The molecule has 4 heterocycles. The fourth-order valence-corrected chi connectivity index (χ4v) is 5.57. The molecular formula is C26H21N5O4S2. The number of benzene rings is 1. The van der Waals surface area contributed by atoms with Crippen molar-refractivity contribution in [3.63, 3.8) is 0 Å². The third kappa shape index (κ3) is 5.32. The predicted molar refractivity (Wildman–Crippen MR) is 142 cm³/mol. The Kier molecular flexibility index (Phi) is 6.64. The van der Waals surface area contributed by atoms with Gasteiger partial charge in [0.05, 0.1) is 42.2 Å². The molecular weight excluding hydrogens is 510 g/mol. The van der Waals surface area contributed by atoms with Gasteiger partial charge in [0, 0.05) is 41.1 Å². The maximum Gasteiger partial charge on any atom is 0.253 e. The monoisotopic (exact) mass is 531 g/mol. The van der Waals surface area contributed by atoms with Crippen LogP contribution in [-0.4, -0.2) is 51.8 Å². The van der Waals surface area contributed by atoms with E-state index in [2.05, 4.69) is 20.3 Å². The zero-order chi connectivity index (χ0) is 26.0. The fourth-order valence-electron chi connectivity index (χ4n) is 3.93. The van der Waals surface area contributed by atoms with Crippen molar-refractivity contribution < 1.29 is 18.0 Å². The van der Waals surface area contributed by atoms with Crippen molar-refractivity contribution in [1.82, 2.24) is 24.2 Å². The second-order valence-electron chi connectivity index (χ2n) is 8.34. The van der Waals surface area contributed by atoms with Crippen molar-refractivity contribution in [3.8, 4) is 22.4 Å². The molecule has 0 fully saturated rings. The molecule has 37 heavy (non-hydrogen) atoms. The topological polar surface area (TPSA) is 124 Å². The van der Waals surface area contributed by atoms with Crippen molar-refractivity contribution >= 4 is 44.0 Å². The normalized spacial score (nSPS) is 11.5. The number of rotatable bonds is 8. The third-order valence-electron chi connectivity index (χ3n) is 5.69. The molecule has 0 radical (unpaired) electrons. The van der Waals surface area contributed by atoms with Gasteiger partial charge in [0.1, 0.15) is 5.01 Å². The second-order valence-corrected chi connectivity index (χ2v) is 11.1. The molecule has 4 aromatic heterocycles. The number of pyridine rings is 2. The van der Waals surface area contributed by atoms with Crippen LogP contribution in [0.15, 0.2) is 78.8 Å². The van der Waals surface area contributed by atoms with Gasteiger partial charge in [-0.25, -0.2) is 17.4 Å². The van der Waals surface area contributed by atoms with Gasteiger partial charge in [-0.2, -0.15) is 0 Å². The summed E-state index contributed by atoms with van der Waals surface area (Å²) < 4.78 is 25.2. The van der Waals surface area contributed by atoms with Crippen LogP contribution in [0.2, 0.25) is 0 Å². The second kappa shape index (κ2) is 10.0. The number of thiazole rings is 1. The van der Waals surface area contributed by atoms with Crippen LogP contribution in [0.25, 0.3) is 33.3 Å². The molecule has 1 N–H and O–H groups in total. The van der Waals surface area contributed by atoms with E-state index in [-0.39, 0.29) is 24.3 Å². The van der Waals surface area contributed by atoms with Crippen LogP contribution < -0.4 is 5.32 Å². The van der Waals surface area contributed by atoms with E-state index in [9.17, 15) is 18.0 Å². The van der Waals surface area contributed by atoms with Gasteiger partial charge in [-0.1, -0.05) is 18.2 Å². The molecule has 1 aromatic carbocycles. The Hall–Kier alpha value is -4.22. The smallest absolute Gasteiger partial charge is 0.253 e. The summed E-state index contributed by atoms with van der Waals surface area (Å²) in [4.78, 5) is 38.0. The highest BCUT2D eigenvalue weighted by Crippen LogP contribution is 2.27. The first-order valence-corrected chi connectivity index (χ1v) is 13.9. The molecule has 0 aliphatic heterocycles. The van der Waals surface area contributed by atoms with Crippen molar-refractivity contribution in [2.75, 3.05) is 12.8 Å². The largest absolute Gasteiger partial charge is 0.345 e. The van der Waals surface area contributed by atoms with E-state index in [1.54, 1.807) is 18.5 Å². The highest BCUT2D eigenvalue weighted by Gasteiger charge is 2.20. The van der Waals surface area contributed by atoms with Gasteiger partial charge < -0.3 is 5.32 Å². The van der Waals surface area contributed by atoms with Gasteiger partial charge in [0.25, 0.3) is 5.91 Å². The van der Waals surface area contributed by atoms with Crippen LogP contribution in [0.3, 0.4) is 0 Å². The highest BCUT2D eigenvalue weighted by atomic mass is 32.2. The van der Waals surface area contributed by atoms with Crippen molar-refractivity contribution in [1.29, 1.82) is 0 Å².